The molecule has 6 nitrogen and oxygen atoms in total. The van der Waals surface area contributed by atoms with Gasteiger partial charge in [-0.05, 0) is 44.5 Å². The number of nitrogens with one attached hydrogen (secondary N) is 2. The number of piperidine rings is 1. The monoisotopic (exact) mass is 515 g/mol. The Labute approximate surface area is 181 Å². The third-order valence-corrected chi connectivity index (χ3v) is 4.12. The van der Waals surface area contributed by atoms with E-state index in [-0.39, 0.29) is 29.9 Å². The van der Waals surface area contributed by atoms with Crippen LogP contribution in [0.1, 0.15) is 31.7 Å². The molecule has 1 aliphatic rings. The molecule has 0 bridgehead atoms. The van der Waals surface area contributed by atoms with Gasteiger partial charge in [-0.3, -0.25) is 0 Å². The van der Waals surface area contributed by atoms with Gasteiger partial charge in [0.1, 0.15) is 0 Å². The second-order valence-electron chi connectivity index (χ2n) is 6.43. The van der Waals surface area contributed by atoms with Crippen molar-refractivity contribution in [2.45, 2.75) is 38.9 Å². The summed E-state index contributed by atoms with van der Waals surface area (Å²) in [5, 5.41) is 6.47. The Morgan fingerprint density at radius 2 is 2.00 bits per heavy atom. The number of hydrogen-bond acceptors (Lipinski definition) is 4. The molecule has 0 aromatic carbocycles. The van der Waals surface area contributed by atoms with E-state index in [0.29, 0.717) is 12.5 Å². The van der Waals surface area contributed by atoms with Crippen molar-refractivity contribution in [3.8, 4) is 5.88 Å². The molecule has 28 heavy (non-hydrogen) atoms. The van der Waals surface area contributed by atoms with Crippen LogP contribution in [-0.4, -0.2) is 61.4 Å². The Morgan fingerprint density at radius 3 is 2.68 bits per heavy atom. The summed E-state index contributed by atoms with van der Waals surface area (Å²) in [7, 11) is 0. The molecule has 2 rings (SSSR count). The fraction of sp³-hybridized carbons (Fsp3) is 0.667. The van der Waals surface area contributed by atoms with Crippen LogP contribution in [0.25, 0.3) is 0 Å². The Kier molecular flexibility index (Phi) is 11.5. The Balaban J connectivity index is 0.00000392. The molecule has 0 amide bonds. The summed E-state index contributed by atoms with van der Waals surface area (Å²) in [6.07, 6.45) is 0.873. The van der Waals surface area contributed by atoms with Gasteiger partial charge in [-0.1, -0.05) is 6.42 Å². The van der Waals surface area contributed by atoms with Crippen LogP contribution in [0.3, 0.4) is 0 Å². The predicted molar refractivity (Wildman–Crippen MR) is 114 cm³/mol. The highest BCUT2D eigenvalue weighted by Crippen LogP contribution is 2.17. The Hall–Kier alpha value is -1.30. The summed E-state index contributed by atoms with van der Waals surface area (Å²) in [6, 6.07) is 3.19. The maximum atomic E-state index is 12.2. The molecule has 10 heteroatoms. The number of guanidine groups is 1. The maximum absolute atomic E-state index is 12.2. The molecule has 0 saturated carbocycles. The predicted octanol–water partition coefficient (Wildman–Crippen LogP) is 3.18. The van der Waals surface area contributed by atoms with Gasteiger partial charge < -0.3 is 20.3 Å². The largest absolute Gasteiger partial charge is 0.468 e. The Morgan fingerprint density at radius 1 is 1.25 bits per heavy atom. The maximum Gasteiger partial charge on any atom is 0.422 e. The third-order valence-electron chi connectivity index (χ3n) is 4.12. The zero-order valence-corrected chi connectivity index (χ0v) is 18.4. The summed E-state index contributed by atoms with van der Waals surface area (Å²) < 4.78 is 41.4. The Bertz CT molecular complexity index is 595. The number of ether oxygens (including phenoxy) is 1. The van der Waals surface area contributed by atoms with E-state index in [0.717, 1.165) is 38.3 Å². The summed E-state index contributed by atoms with van der Waals surface area (Å²) >= 11 is 0. The number of pyridine rings is 1. The van der Waals surface area contributed by atoms with Crippen LogP contribution in [0.15, 0.2) is 23.3 Å². The van der Waals surface area contributed by atoms with Gasteiger partial charge in [0.05, 0.1) is 6.54 Å². The topological polar surface area (TPSA) is 61.8 Å². The molecular weight excluding hydrogens is 486 g/mol. The third kappa shape index (κ3) is 10.3. The second-order valence-corrected chi connectivity index (χ2v) is 6.43. The average Bonchev–Trinajstić information content (AvgIpc) is 2.65. The number of alkyl halides is 3. The van der Waals surface area contributed by atoms with Gasteiger partial charge in [-0.2, -0.15) is 13.2 Å². The molecule has 0 aliphatic carbocycles. The van der Waals surface area contributed by atoms with E-state index < -0.39 is 12.8 Å². The van der Waals surface area contributed by atoms with E-state index >= 15 is 0 Å². The van der Waals surface area contributed by atoms with Crippen molar-refractivity contribution in [1.82, 2.24) is 20.5 Å². The highest BCUT2D eigenvalue weighted by Gasteiger charge is 2.28. The molecule has 0 spiro atoms. The lowest BCUT2D eigenvalue weighted by atomic mass is 10.1. The SMILES string of the molecule is CCNC(=NCc1ccnc(OCC(F)(F)F)c1)NCCN1CCCCC1.I. The fourth-order valence-corrected chi connectivity index (χ4v) is 2.81. The number of nitrogens with zero attached hydrogens (tertiary/aromatic N) is 3. The highest BCUT2D eigenvalue weighted by atomic mass is 127. The van der Waals surface area contributed by atoms with E-state index in [1.807, 2.05) is 6.92 Å². The smallest absolute Gasteiger partial charge is 0.422 e. The van der Waals surface area contributed by atoms with Crippen LogP contribution >= 0.6 is 24.0 Å². The molecule has 2 heterocycles. The van der Waals surface area contributed by atoms with Gasteiger partial charge in [0.2, 0.25) is 5.88 Å². The number of likely N-dealkylation sites (tertiary alicyclic amines) is 1. The number of halogens is 4. The number of hydrogen-bond donors (Lipinski definition) is 2. The summed E-state index contributed by atoms with van der Waals surface area (Å²) in [5.41, 5.74) is 0.732. The molecule has 1 aromatic rings. The standard InChI is InChI=1S/C18H28F3N5O.HI/c1-2-22-17(24-8-11-26-9-4-3-5-10-26)25-13-15-6-7-23-16(12-15)27-14-18(19,20)21;/h6-7,12H,2-5,8-11,13-14H2,1H3,(H2,22,24,25);1H. The molecule has 2 N–H and O–H groups in total. The summed E-state index contributed by atoms with van der Waals surface area (Å²) in [6.45, 7) is 5.73. The summed E-state index contributed by atoms with van der Waals surface area (Å²) in [5.74, 6) is 0.632. The van der Waals surface area contributed by atoms with Gasteiger partial charge >= 0.3 is 6.18 Å². The minimum atomic E-state index is -4.38. The highest BCUT2D eigenvalue weighted by molar-refractivity contribution is 14.0. The minimum absolute atomic E-state index is 0. The van der Waals surface area contributed by atoms with Crippen molar-refractivity contribution in [1.29, 1.82) is 0 Å². The van der Waals surface area contributed by atoms with Crippen LogP contribution in [-0.2, 0) is 6.54 Å². The molecule has 160 valence electrons. The van der Waals surface area contributed by atoms with Crippen molar-refractivity contribution in [2.75, 3.05) is 39.3 Å². The van der Waals surface area contributed by atoms with Crippen molar-refractivity contribution in [2.24, 2.45) is 4.99 Å². The molecule has 1 aliphatic heterocycles. The van der Waals surface area contributed by atoms with Crippen LogP contribution in [0.4, 0.5) is 13.2 Å². The first-order chi connectivity index (χ1) is 13.0. The molecule has 1 saturated heterocycles. The number of aromatic nitrogens is 1. The van der Waals surface area contributed by atoms with E-state index in [4.69, 9.17) is 0 Å². The van der Waals surface area contributed by atoms with Crippen molar-refractivity contribution >= 4 is 29.9 Å². The van der Waals surface area contributed by atoms with Crippen LogP contribution in [0, 0.1) is 0 Å². The molecule has 0 radical (unpaired) electrons. The molecule has 1 aromatic heterocycles. The van der Waals surface area contributed by atoms with E-state index in [2.05, 4.69) is 30.2 Å². The van der Waals surface area contributed by atoms with E-state index in [9.17, 15) is 13.2 Å². The van der Waals surface area contributed by atoms with Gasteiger partial charge in [0.15, 0.2) is 12.6 Å². The van der Waals surface area contributed by atoms with Gasteiger partial charge in [0.25, 0.3) is 0 Å². The lowest BCUT2D eigenvalue weighted by Crippen LogP contribution is -2.42. The quantitative estimate of drug-likeness (QED) is 0.317. The van der Waals surface area contributed by atoms with E-state index in [1.165, 1.54) is 31.5 Å². The molecular formula is C18H29F3IN5O. The van der Waals surface area contributed by atoms with E-state index in [1.54, 1.807) is 6.07 Å². The molecule has 1 fully saturated rings. The lowest BCUT2D eigenvalue weighted by Gasteiger charge is -2.26. The summed E-state index contributed by atoms with van der Waals surface area (Å²) in [4.78, 5) is 10.7. The first-order valence-electron chi connectivity index (χ1n) is 9.35. The zero-order valence-electron chi connectivity index (χ0n) is 16.1. The number of rotatable bonds is 8. The number of aliphatic imine (C=N–C) groups is 1. The van der Waals surface area contributed by atoms with Gasteiger partial charge in [-0.25, -0.2) is 9.98 Å². The van der Waals surface area contributed by atoms with Gasteiger partial charge in [-0.15, -0.1) is 24.0 Å². The molecule has 0 unspecified atom stereocenters. The first kappa shape index (κ1) is 24.7. The van der Waals surface area contributed by atoms with Crippen molar-refractivity contribution < 1.29 is 17.9 Å². The van der Waals surface area contributed by atoms with Gasteiger partial charge in [0, 0.05) is 31.9 Å². The average molecular weight is 515 g/mol. The second kappa shape index (κ2) is 13.0. The van der Waals surface area contributed by atoms with Crippen LogP contribution in [0.2, 0.25) is 0 Å². The normalized spacial score (nSPS) is 15.6. The van der Waals surface area contributed by atoms with Crippen LogP contribution in [0.5, 0.6) is 5.88 Å². The van der Waals surface area contributed by atoms with Crippen molar-refractivity contribution in [3.05, 3.63) is 23.9 Å². The van der Waals surface area contributed by atoms with Crippen LogP contribution < -0.4 is 15.4 Å². The van der Waals surface area contributed by atoms with Crippen molar-refractivity contribution in [3.63, 3.8) is 0 Å². The molecule has 0 atom stereocenters. The lowest BCUT2D eigenvalue weighted by molar-refractivity contribution is -0.154. The fourth-order valence-electron chi connectivity index (χ4n) is 2.81. The zero-order chi connectivity index (χ0) is 19.5. The first-order valence-corrected chi connectivity index (χ1v) is 9.35. The minimum Gasteiger partial charge on any atom is -0.468 e.